The number of hydrogen-bond acceptors (Lipinski definition) is 4. The second-order valence-electron chi connectivity index (χ2n) is 3.16. The molecule has 0 saturated heterocycles. The molecular formula is C9H16N4. The second kappa shape index (κ2) is 4.64. The third kappa shape index (κ3) is 3.27. The first-order chi connectivity index (χ1) is 6.22. The first kappa shape index (κ1) is 9.77. The van der Waals surface area contributed by atoms with Crippen LogP contribution in [0, 0.1) is 0 Å². The summed E-state index contributed by atoms with van der Waals surface area (Å²) in [4.78, 5) is 7.88. The van der Waals surface area contributed by atoms with Crippen LogP contribution < -0.4 is 11.1 Å². The van der Waals surface area contributed by atoms with Crippen molar-refractivity contribution in [3.8, 4) is 0 Å². The third-order valence-corrected chi connectivity index (χ3v) is 1.80. The smallest absolute Gasteiger partial charge is 0.131 e. The second-order valence-corrected chi connectivity index (χ2v) is 3.16. The highest BCUT2D eigenvalue weighted by Crippen LogP contribution is 2.08. The normalized spacial score (nSPS) is 12.5. The molecule has 0 amide bonds. The number of anilines is 2. The van der Waals surface area contributed by atoms with Crippen molar-refractivity contribution in [2.24, 2.45) is 0 Å². The number of nitrogen functional groups attached to an aromatic ring is 1. The van der Waals surface area contributed by atoms with Crippen molar-refractivity contribution in [3.63, 3.8) is 0 Å². The molecule has 1 rings (SSSR count). The summed E-state index contributed by atoms with van der Waals surface area (Å²) in [6.45, 7) is 4.29. The number of nitrogens with zero attached hydrogens (tertiary/aromatic N) is 2. The average Bonchev–Trinajstić information content (AvgIpc) is 2.04. The van der Waals surface area contributed by atoms with Crippen LogP contribution in [0.15, 0.2) is 12.4 Å². The molecule has 1 heterocycles. The fraction of sp³-hybridized carbons (Fsp3) is 0.556. The molecule has 3 N–H and O–H groups in total. The lowest BCUT2D eigenvalue weighted by Crippen LogP contribution is -2.15. The molecule has 72 valence electrons. The molecule has 0 aliphatic carbocycles. The topological polar surface area (TPSA) is 63.8 Å². The minimum absolute atomic E-state index is 0.430. The Balaban J connectivity index is 2.53. The summed E-state index contributed by atoms with van der Waals surface area (Å²) < 4.78 is 0. The zero-order chi connectivity index (χ0) is 9.68. The Bertz CT molecular complexity index is 262. The van der Waals surface area contributed by atoms with Gasteiger partial charge in [-0.15, -0.1) is 0 Å². The summed E-state index contributed by atoms with van der Waals surface area (Å²) in [7, 11) is 0. The number of aromatic nitrogens is 2. The van der Waals surface area contributed by atoms with Gasteiger partial charge in [-0.05, 0) is 13.3 Å². The lowest BCUT2D eigenvalue weighted by molar-refractivity contribution is 0.687. The molecular weight excluding hydrogens is 164 g/mol. The van der Waals surface area contributed by atoms with Crippen LogP contribution in [0.4, 0.5) is 11.6 Å². The standard InChI is InChI=1S/C9H16N4/c1-3-4-7(2)13-9-5-8(10)11-6-12-9/h5-7H,3-4H2,1-2H3,(H3,10,11,12,13). The van der Waals surface area contributed by atoms with Gasteiger partial charge in [-0.25, -0.2) is 9.97 Å². The van der Waals surface area contributed by atoms with Crippen molar-refractivity contribution in [2.75, 3.05) is 11.1 Å². The van der Waals surface area contributed by atoms with Crippen LogP contribution in [0.2, 0.25) is 0 Å². The third-order valence-electron chi connectivity index (χ3n) is 1.80. The lowest BCUT2D eigenvalue weighted by atomic mass is 10.2. The van der Waals surface area contributed by atoms with Gasteiger partial charge in [-0.3, -0.25) is 0 Å². The molecule has 1 atom stereocenters. The quantitative estimate of drug-likeness (QED) is 0.739. The van der Waals surface area contributed by atoms with E-state index < -0.39 is 0 Å². The van der Waals surface area contributed by atoms with Gasteiger partial charge in [0.15, 0.2) is 0 Å². The lowest BCUT2D eigenvalue weighted by Gasteiger charge is -2.12. The van der Waals surface area contributed by atoms with Gasteiger partial charge in [0.05, 0.1) is 0 Å². The molecule has 13 heavy (non-hydrogen) atoms. The average molecular weight is 180 g/mol. The maximum absolute atomic E-state index is 5.52. The van der Waals surface area contributed by atoms with Gasteiger partial charge in [-0.2, -0.15) is 0 Å². The van der Waals surface area contributed by atoms with Crippen LogP contribution in [0.1, 0.15) is 26.7 Å². The highest BCUT2D eigenvalue weighted by atomic mass is 15.0. The zero-order valence-corrected chi connectivity index (χ0v) is 8.12. The monoisotopic (exact) mass is 180 g/mol. The van der Waals surface area contributed by atoms with Crippen molar-refractivity contribution in [3.05, 3.63) is 12.4 Å². The molecule has 0 saturated carbocycles. The van der Waals surface area contributed by atoms with E-state index in [1.165, 1.54) is 6.33 Å². The van der Waals surface area contributed by atoms with Crippen LogP contribution in [0.25, 0.3) is 0 Å². The summed E-state index contributed by atoms with van der Waals surface area (Å²) in [6, 6.07) is 2.17. The largest absolute Gasteiger partial charge is 0.384 e. The van der Waals surface area contributed by atoms with Crippen molar-refractivity contribution in [2.45, 2.75) is 32.7 Å². The van der Waals surface area contributed by atoms with E-state index in [-0.39, 0.29) is 0 Å². The summed E-state index contributed by atoms with van der Waals surface area (Å²) in [5.41, 5.74) is 5.52. The van der Waals surface area contributed by atoms with Gasteiger partial charge in [0, 0.05) is 12.1 Å². The molecule has 0 aliphatic heterocycles. The summed E-state index contributed by atoms with van der Waals surface area (Å²) in [5, 5.41) is 3.25. The van der Waals surface area contributed by atoms with Crippen molar-refractivity contribution in [1.29, 1.82) is 0 Å². The van der Waals surface area contributed by atoms with Crippen LogP contribution in [0.3, 0.4) is 0 Å². The molecule has 0 spiro atoms. The first-order valence-corrected chi connectivity index (χ1v) is 4.56. The van der Waals surface area contributed by atoms with Gasteiger partial charge < -0.3 is 11.1 Å². The Hall–Kier alpha value is -1.32. The number of nitrogens with one attached hydrogen (secondary N) is 1. The molecule has 1 aromatic heterocycles. The van der Waals surface area contributed by atoms with Crippen molar-refractivity contribution in [1.82, 2.24) is 9.97 Å². The predicted octanol–water partition coefficient (Wildman–Crippen LogP) is 1.66. The zero-order valence-electron chi connectivity index (χ0n) is 8.12. The Kier molecular flexibility index (Phi) is 3.49. The Labute approximate surface area is 78.6 Å². The fourth-order valence-electron chi connectivity index (χ4n) is 1.21. The molecule has 0 fully saturated rings. The summed E-state index contributed by atoms with van der Waals surface area (Å²) >= 11 is 0. The van der Waals surface area contributed by atoms with E-state index in [1.54, 1.807) is 6.07 Å². The molecule has 0 radical (unpaired) electrons. The van der Waals surface area contributed by atoms with E-state index in [0.717, 1.165) is 18.7 Å². The maximum atomic E-state index is 5.52. The molecule has 1 aromatic rings. The molecule has 0 aliphatic rings. The van der Waals surface area contributed by atoms with Crippen molar-refractivity contribution >= 4 is 11.6 Å². The SMILES string of the molecule is CCCC(C)Nc1cc(N)ncn1. The predicted molar refractivity (Wildman–Crippen MR) is 54.4 cm³/mol. The van der Waals surface area contributed by atoms with Gasteiger partial charge in [0.2, 0.25) is 0 Å². The minimum Gasteiger partial charge on any atom is -0.384 e. The van der Waals surface area contributed by atoms with Gasteiger partial charge >= 0.3 is 0 Å². The Morgan fingerprint density at radius 3 is 2.92 bits per heavy atom. The van der Waals surface area contributed by atoms with Gasteiger partial charge in [0.1, 0.15) is 18.0 Å². The van der Waals surface area contributed by atoms with Crippen LogP contribution in [-0.4, -0.2) is 16.0 Å². The number of hydrogen-bond donors (Lipinski definition) is 2. The molecule has 0 aromatic carbocycles. The van der Waals surface area contributed by atoms with E-state index in [2.05, 4.69) is 29.1 Å². The van der Waals surface area contributed by atoms with E-state index in [1.807, 2.05) is 0 Å². The van der Waals surface area contributed by atoms with E-state index in [9.17, 15) is 0 Å². The maximum Gasteiger partial charge on any atom is 0.131 e. The van der Waals surface area contributed by atoms with E-state index in [0.29, 0.717) is 11.9 Å². The van der Waals surface area contributed by atoms with Gasteiger partial charge in [-0.1, -0.05) is 13.3 Å². The van der Waals surface area contributed by atoms with E-state index >= 15 is 0 Å². The highest BCUT2D eigenvalue weighted by molar-refractivity contribution is 5.43. The van der Waals surface area contributed by atoms with E-state index in [4.69, 9.17) is 5.73 Å². The summed E-state index contributed by atoms with van der Waals surface area (Å²) in [6.07, 6.45) is 3.76. The van der Waals surface area contributed by atoms with Crippen LogP contribution in [0.5, 0.6) is 0 Å². The van der Waals surface area contributed by atoms with Gasteiger partial charge in [0.25, 0.3) is 0 Å². The number of rotatable bonds is 4. The first-order valence-electron chi connectivity index (χ1n) is 4.56. The van der Waals surface area contributed by atoms with Crippen LogP contribution >= 0.6 is 0 Å². The highest BCUT2D eigenvalue weighted by Gasteiger charge is 2.01. The minimum atomic E-state index is 0.430. The summed E-state index contributed by atoms with van der Waals surface area (Å²) in [5.74, 6) is 1.30. The Morgan fingerprint density at radius 2 is 2.31 bits per heavy atom. The molecule has 4 heteroatoms. The number of nitrogens with two attached hydrogens (primary N) is 1. The fourth-order valence-corrected chi connectivity index (χ4v) is 1.21. The molecule has 1 unspecified atom stereocenters. The molecule has 4 nitrogen and oxygen atoms in total. The van der Waals surface area contributed by atoms with Crippen LogP contribution in [-0.2, 0) is 0 Å². The Morgan fingerprint density at radius 1 is 1.54 bits per heavy atom. The molecule has 0 bridgehead atoms. The van der Waals surface area contributed by atoms with Crippen molar-refractivity contribution < 1.29 is 0 Å².